The number of carbonyl (C=O) groups is 2. The van der Waals surface area contributed by atoms with Crippen molar-refractivity contribution in [2.75, 3.05) is 12.3 Å². The van der Waals surface area contributed by atoms with E-state index in [0.717, 1.165) is 12.1 Å². The summed E-state index contributed by atoms with van der Waals surface area (Å²) in [6.07, 6.45) is -3.38. The zero-order valence-electron chi connectivity index (χ0n) is 17.4. The molecular formula is C22H23F3N2O4S. The number of carbonyl (C=O) groups excluding carboxylic acids is 2. The van der Waals surface area contributed by atoms with Crippen molar-refractivity contribution in [1.29, 1.82) is 0 Å². The Balaban J connectivity index is 1.68. The molecule has 0 radical (unpaired) electrons. The van der Waals surface area contributed by atoms with Crippen LogP contribution in [0.25, 0.3) is 0 Å². The molecule has 3 rings (SSSR count). The van der Waals surface area contributed by atoms with Gasteiger partial charge in [-0.15, -0.1) is 0 Å². The number of sulfone groups is 1. The SMILES string of the molecule is CCS(=O)(=O)c1cccc(C(=O)N2CCC[C@@H]2C(=O)NCc2ccc(C(F)(F)F)cc2)c1. The molecule has 10 heteroatoms. The van der Waals surface area contributed by atoms with E-state index < -0.39 is 39.4 Å². The van der Waals surface area contributed by atoms with E-state index >= 15 is 0 Å². The maximum absolute atomic E-state index is 13.0. The van der Waals surface area contributed by atoms with Crippen LogP contribution in [0.4, 0.5) is 13.2 Å². The molecule has 0 aliphatic carbocycles. The van der Waals surface area contributed by atoms with Crippen LogP contribution in [0, 0.1) is 0 Å². The Labute approximate surface area is 184 Å². The van der Waals surface area contributed by atoms with Crippen LogP contribution >= 0.6 is 0 Å². The summed E-state index contributed by atoms with van der Waals surface area (Å²) in [5, 5.41) is 2.67. The molecule has 32 heavy (non-hydrogen) atoms. The number of nitrogens with one attached hydrogen (secondary N) is 1. The first-order valence-corrected chi connectivity index (χ1v) is 11.8. The molecule has 1 fully saturated rings. The van der Waals surface area contributed by atoms with Crippen molar-refractivity contribution in [1.82, 2.24) is 10.2 Å². The third-order valence-electron chi connectivity index (χ3n) is 5.38. The van der Waals surface area contributed by atoms with E-state index in [4.69, 9.17) is 0 Å². The molecular weight excluding hydrogens is 445 g/mol. The van der Waals surface area contributed by atoms with Gasteiger partial charge in [0.15, 0.2) is 9.84 Å². The molecule has 1 N–H and O–H groups in total. The summed E-state index contributed by atoms with van der Waals surface area (Å²) >= 11 is 0. The summed E-state index contributed by atoms with van der Waals surface area (Å²) in [6, 6.07) is 9.49. The monoisotopic (exact) mass is 468 g/mol. The van der Waals surface area contributed by atoms with Crippen molar-refractivity contribution < 1.29 is 31.2 Å². The maximum Gasteiger partial charge on any atom is 0.416 e. The van der Waals surface area contributed by atoms with Crippen LogP contribution in [0.1, 0.15) is 41.3 Å². The number of hydrogen-bond acceptors (Lipinski definition) is 4. The Morgan fingerprint density at radius 2 is 1.81 bits per heavy atom. The lowest BCUT2D eigenvalue weighted by Gasteiger charge is -2.24. The molecule has 0 bridgehead atoms. The number of hydrogen-bond donors (Lipinski definition) is 1. The lowest BCUT2D eigenvalue weighted by molar-refractivity contribution is -0.137. The Morgan fingerprint density at radius 1 is 1.12 bits per heavy atom. The average molecular weight is 468 g/mol. The number of halogens is 3. The van der Waals surface area contributed by atoms with E-state index in [2.05, 4.69) is 5.32 Å². The normalized spacial score (nSPS) is 16.8. The molecule has 2 amide bonds. The molecule has 1 aliphatic rings. The molecule has 0 unspecified atom stereocenters. The Hall–Kier alpha value is -2.88. The van der Waals surface area contributed by atoms with Gasteiger partial charge in [0, 0.05) is 18.7 Å². The van der Waals surface area contributed by atoms with Crippen LogP contribution in [0.3, 0.4) is 0 Å². The van der Waals surface area contributed by atoms with Crippen molar-refractivity contribution in [2.45, 2.75) is 43.4 Å². The van der Waals surface area contributed by atoms with Gasteiger partial charge in [-0.1, -0.05) is 25.1 Å². The zero-order valence-corrected chi connectivity index (χ0v) is 18.2. The summed E-state index contributed by atoms with van der Waals surface area (Å²) in [7, 11) is -3.48. The predicted molar refractivity (Wildman–Crippen MR) is 112 cm³/mol. The largest absolute Gasteiger partial charge is 0.416 e. The fourth-order valence-corrected chi connectivity index (χ4v) is 4.48. The maximum atomic E-state index is 13.0. The predicted octanol–water partition coefficient (Wildman–Crippen LogP) is 3.42. The molecule has 6 nitrogen and oxygen atoms in total. The Kier molecular flexibility index (Phi) is 6.92. The van der Waals surface area contributed by atoms with Crippen LogP contribution in [0.5, 0.6) is 0 Å². The summed E-state index contributed by atoms with van der Waals surface area (Å²) < 4.78 is 62.2. The summed E-state index contributed by atoms with van der Waals surface area (Å²) in [4.78, 5) is 27.1. The minimum Gasteiger partial charge on any atom is -0.350 e. The van der Waals surface area contributed by atoms with Gasteiger partial charge in [-0.2, -0.15) is 13.2 Å². The van der Waals surface area contributed by atoms with Gasteiger partial charge in [-0.3, -0.25) is 9.59 Å². The van der Waals surface area contributed by atoms with Gasteiger partial charge in [0.05, 0.1) is 16.2 Å². The molecule has 1 heterocycles. The quantitative estimate of drug-likeness (QED) is 0.704. The second-order valence-electron chi connectivity index (χ2n) is 7.50. The Morgan fingerprint density at radius 3 is 2.44 bits per heavy atom. The van der Waals surface area contributed by atoms with Crippen LogP contribution in [0.15, 0.2) is 53.4 Å². The van der Waals surface area contributed by atoms with Crippen molar-refractivity contribution >= 4 is 21.7 Å². The molecule has 0 aromatic heterocycles. The minimum atomic E-state index is -4.43. The fourth-order valence-electron chi connectivity index (χ4n) is 3.56. The molecule has 0 spiro atoms. The number of amides is 2. The topological polar surface area (TPSA) is 83.6 Å². The first kappa shape index (κ1) is 23.8. The average Bonchev–Trinajstić information content (AvgIpc) is 3.26. The van der Waals surface area contributed by atoms with E-state index in [0.29, 0.717) is 24.9 Å². The number of benzene rings is 2. The van der Waals surface area contributed by atoms with Gasteiger partial charge in [0.2, 0.25) is 5.91 Å². The van der Waals surface area contributed by atoms with Gasteiger partial charge in [-0.05, 0) is 48.7 Å². The van der Waals surface area contributed by atoms with E-state index in [-0.39, 0.29) is 22.8 Å². The molecule has 2 aromatic carbocycles. The molecule has 1 saturated heterocycles. The van der Waals surface area contributed by atoms with E-state index in [9.17, 15) is 31.2 Å². The first-order chi connectivity index (χ1) is 15.0. The van der Waals surface area contributed by atoms with Gasteiger partial charge in [0.25, 0.3) is 5.91 Å². The number of nitrogens with zero attached hydrogens (tertiary/aromatic N) is 1. The second kappa shape index (κ2) is 9.32. The van der Waals surface area contributed by atoms with Gasteiger partial charge < -0.3 is 10.2 Å². The molecule has 172 valence electrons. The van der Waals surface area contributed by atoms with Gasteiger partial charge in [0.1, 0.15) is 6.04 Å². The van der Waals surface area contributed by atoms with Crippen molar-refractivity contribution in [3.8, 4) is 0 Å². The van der Waals surface area contributed by atoms with E-state index in [1.54, 1.807) is 0 Å². The number of likely N-dealkylation sites (tertiary alicyclic amines) is 1. The minimum absolute atomic E-state index is 0.0275. The standard InChI is InChI=1S/C22H23F3N2O4S/c1-2-32(30,31)18-6-3-5-16(13-18)21(29)27-12-4-7-19(27)20(28)26-14-15-8-10-17(11-9-15)22(23,24)25/h3,5-6,8-11,13,19H,2,4,7,12,14H2,1H3,(H,26,28)/t19-/m1/s1. The van der Waals surface area contributed by atoms with Crippen LogP contribution in [-0.4, -0.2) is 43.5 Å². The van der Waals surface area contributed by atoms with Crippen molar-refractivity contribution in [3.63, 3.8) is 0 Å². The second-order valence-corrected chi connectivity index (χ2v) is 9.78. The van der Waals surface area contributed by atoms with Crippen LogP contribution < -0.4 is 5.32 Å². The number of alkyl halides is 3. The molecule has 0 saturated carbocycles. The van der Waals surface area contributed by atoms with Crippen molar-refractivity contribution in [3.05, 3.63) is 65.2 Å². The highest BCUT2D eigenvalue weighted by Gasteiger charge is 2.35. The highest BCUT2D eigenvalue weighted by molar-refractivity contribution is 7.91. The number of rotatable bonds is 6. The highest BCUT2D eigenvalue weighted by atomic mass is 32.2. The molecule has 1 atom stereocenters. The summed E-state index contributed by atoms with van der Waals surface area (Å²) in [5.74, 6) is -0.943. The third-order valence-corrected chi connectivity index (χ3v) is 7.12. The van der Waals surface area contributed by atoms with E-state index in [1.165, 1.54) is 48.2 Å². The third kappa shape index (κ3) is 5.29. The Bertz CT molecular complexity index is 1100. The lowest BCUT2D eigenvalue weighted by Crippen LogP contribution is -2.45. The van der Waals surface area contributed by atoms with Gasteiger partial charge >= 0.3 is 6.18 Å². The summed E-state index contributed by atoms with van der Waals surface area (Å²) in [5.41, 5.74) is -0.0888. The first-order valence-electron chi connectivity index (χ1n) is 10.1. The molecule has 2 aromatic rings. The van der Waals surface area contributed by atoms with Crippen LogP contribution in [-0.2, 0) is 27.4 Å². The lowest BCUT2D eigenvalue weighted by atomic mass is 10.1. The zero-order chi connectivity index (χ0) is 23.5. The summed E-state index contributed by atoms with van der Waals surface area (Å²) in [6.45, 7) is 1.89. The van der Waals surface area contributed by atoms with Gasteiger partial charge in [-0.25, -0.2) is 8.42 Å². The fraction of sp³-hybridized carbons (Fsp3) is 0.364. The smallest absolute Gasteiger partial charge is 0.350 e. The highest BCUT2D eigenvalue weighted by Crippen LogP contribution is 2.29. The van der Waals surface area contributed by atoms with E-state index in [1.807, 2.05) is 0 Å². The van der Waals surface area contributed by atoms with Crippen LogP contribution in [0.2, 0.25) is 0 Å². The molecule has 1 aliphatic heterocycles. The van der Waals surface area contributed by atoms with Crippen molar-refractivity contribution in [2.24, 2.45) is 0 Å².